The van der Waals surface area contributed by atoms with Gasteiger partial charge in [-0.25, -0.2) is 0 Å². The van der Waals surface area contributed by atoms with Gasteiger partial charge in [0.2, 0.25) is 0 Å². The average Bonchev–Trinajstić information content (AvgIpc) is 3.71. The molecule has 11 nitrogen and oxygen atoms in total. The van der Waals surface area contributed by atoms with Crippen molar-refractivity contribution in [2.45, 2.75) is 0 Å². The van der Waals surface area contributed by atoms with Crippen LogP contribution in [0.3, 0.4) is 0 Å². The molecule has 3 amide bonds. The van der Waals surface area contributed by atoms with Crippen LogP contribution in [0, 0.1) is 0 Å². The first kappa shape index (κ1) is 38.2. The number of anilines is 3. The van der Waals surface area contributed by atoms with Crippen LogP contribution in [0.1, 0.15) is 31.1 Å². The summed E-state index contributed by atoms with van der Waals surface area (Å²) in [6, 6.07) is 44.5. The Balaban J connectivity index is 1.01. The summed E-state index contributed by atoms with van der Waals surface area (Å²) in [5.41, 5.74) is 9.15. The van der Waals surface area contributed by atoms with Crippen molar-refractivity contribution in [1.82, 2.24) is 19.9 Å². The summed E-state index contributed by atoms with van der Waals surface area (Å²) in [6.45, 7) is 0. The second-order valence-corrected chi connectivity index (χ2v) is 14.5. The quantitative estimate of drug-likeness (QED) is 0.141. The minimum Gasteiger partial charge on any atom is -0.454 e. The van der Waals surface area contributed by atoms with E-state index in [0.717, 1.165) is 39.0 Å². The van der Waals surface area contributed by atoms with E-state index < -0.39 is 17.7 Å². The van der Waals surface area contributed by atoms with Gasteiger partial charge in [-0.15, -0.1) is 0 Å². The Morgan fingerprint density at radius 3 is 1.30 bits per heavy atom. The number of fused-ring (bicyclic) bond motifs is 3. The number of benzene rings is 4. The van der Waals surface area contributed by atoms with Gasteiger partial charge >= 0.3 is 0 Å². The van der Waals surface area contributed by atoms with Crippen molar-refractivity contribution in [3.63, 3.8) is 0 Å². The molecule has 9 rings (SSSR count). The summed E-state index contributed by atoms with van der Waals surface area (Å²) >= 11 is 0. The molecule has 0 bridgehead atoms. The lowest BCUT2D eigenvalue weighted by molar-refractivity contribution is 0.0992. The van der Waals surface area contributed by atoms with Gasteiger partial charge < -0.3 is 19.1 Å². The van der Waals surface area contributed by atoms with Gasteiger partial charge in [0.25, 0.3) is 17.7 Å². The second-order valence-electron chi connectivity index (χ2n) is 14.5. The third-order valence-corrected chi connectivity index (χ3v) is 10.7. The van der Waals surface area contributed by atoms with E-state index >= 15 is 0 Å². The zero-order chi connectivity index (χ0) is 42.0. The Labute approximate surface area is 351 Å². The molecule has 0 aliphatic rings. The Morgan fingerprint density at radius 2 is 0.869 bits per heavy atom. The number of hydrogen-bond acceptors (Lipinski definition) is 8. The van der Waals surface area contributed by atoms with Crippen molar-refractivity contribution in [2.24, 2.45) is 0 Å². The first-order valence-electron chi connectivity index (χ1n) is 19.5. The molecule has 0 spiro atoms. The van der Waals surface area contributed by atoms with Crippen LogP contribution in [0.2, 0.25) is 0 Å². The van der Waals surface area contributed by atoms with Crippen molar-refractivity contribution in [3.05, 3.63) is 187 Å². The van der Waals surface area contributed by atoms with Crippen molar-refractivity contribution in [2.75, 3.05) is 35.8 Å². The van der Waals surface area contributed by atoms with Crippen molar-refractivity contribution in [1.29, 1.82) is 0 Å². The first-order valence-corrected chi connectivity index (χ1v) is 19.5. The highest BCUT2D eigenvalue weighted by molar-refractivity contribution is 6.14. The summed E-state index contributed by atoms with van der Waals surface area (Å²) in [5, 5.41) is 0.910. The Morgan fingerprint density at radius 1 is 0.426 bits per heavy atom. The highest BCUT2D eigenvalue weighted by Crippen LogP contribution is 2.31. The summed E-state index contributed by atoms with van der Waals surface area (Å²) in [6.07, 6.45) is 6.59. The molecule has 0 atom stereocenters. The van der Waals surface area contributed by atoms with Crippen LogP contribution >= 0.6 is 0 Å². The van der Waals surface area contributed by atoms with Gasteiger partial charge in [-0.3, -0.25) is 34.3 Å². The minimum atomic E-state index is -0.442. The number of aromatic nitrogens is 4. The van der Waals surface area contributed by atoms with Crippen molar-refractivity contribution in [3.8, 4) is 33.8 Å². The molecule has 61 heavy (non-hydrogen) atoms. The molecule has 4 aromatic carbocycles. The van der Waals surface area contributed by atoms with E-state index in [9.17, 15) is 14.4 Å². The maximum absolute atomic E-state index is 14.3. The molecule has 11 heteroatoms. The maximum atomic E-state index is 14.3. The lowest BCUT2D eigenvalue weighted by Crippen LogP contribution is -2.31. The lowest BCUT2D eigenvalue weighted by atomic mass is 10.0. The normalized spacial score (nSPS) is 11.1. The predicted molar refractivity (Wildman–Crippen MR) is 239 cm³/mol. The fraction of sp³-hybridized carbons (Fsp3) is 0.0600. The molecule has 0 radical (unpaired) electrons. The van der Waals surface area contributed by atoms with Gasteiger partial charge in [0.15, 0.2) is 5.58 Å². The number of carbonyl (C=O) groups excluding carboxylic acids is 3. The van der Waals surface area contributed by atoms with E-state index in [-0.39, 0.29) is 16.7 Å². The zero-order valence-corrected chi connectivity index (χ0v) is 33.4. The summed E-state index contributed by atoms with van der Waals surface area (Å²) < 4.78 is 6.03. The first-order chi connectivity index (χ1) is 29.7. The number of carbonyl (C=O) groups is 3. The topological polar surface area (TPSA) is 126 Å². The van der Waals surface area contributed by atoms with Crippen molar-refractivity contribution >= 4 is 56.9 Å². The third kappa shape index (κ3) is 7.59. The van der Waals surface area contributed by atoms with E-state index in [1.807, 2.05) is 121 Å². The number of rotatable bonds is 9. The summed E-state index contributed by atoms with van der Waals surface area (Å²) in [5.74, 6) is -1.30. The highest BCUT2D eigenvalue weighted by atomic mass is 16.3. The van der Waals surface area contributed by atoms with Crippen LogP contribution in [0.25, 0.3) is 55.8 Å². The Kier molecular flexibility index (Phi) is 10.1. The fourth-order valence-electron chi connectivity index (χ4n) is 7.17. The lowest BCUT2D eigenvalue weighted by Gasteiger charge is -2.22. The van der Waals surface area contributed by atoms with Gasteiger partial charge in [-0.1, -0.05) is 66.7 Å². The molecule has 5 aromatic heterocycles. The molecule has 0 saturated carbocycles. The SMILES string of the molecule is CN(C(=O)c1cc(C(=O)N(C)c2ccc(-c3ccccc3)nc2)cc(C(=O)N(C)c2ccc(-c3ccc4c(c3)oc3cccnc34)nc2)c1)c1ccc(-c2ccccc2)nc1. The van der Waals surface area contributed by atoms with E-state index in [0.29, 0.717) is 33.9 Å². The van der Waals surface area contributed by atoms with Crippen LogP contribution in [0.5, 0.6) is 0 Å². The Bertz CT molecular complexity index is 2940. The zero-order valence-electron chi connectivity index (χ0n) is 33.4. The summed E-state index contributed by atoms with van der Waals surface area (Å²) in [4.78, 5) is 65.4. The standard InChI is InChI=1S/C50H37N7O4/c1-55(38-17-21-42(52-29-38)32-11-6-4-7-12-32)48(58)35-25-36(49(59)56(2)39-18-22-43(53-30-39)33-13-8-5-9-14-33)27-37(26-35)50(60)57(3)40-19-23-44(54-31-40)34-16-20-41-46(28-34)61-45-15-10-24-51-47(41)45/h4-31H,1-3H3. The van der Waals surface area contributed by atoms with Gasteiger partial charge in [0, 0.05) is 66.1 Å². The van der Waals surface area contributed by atoms with Crippen LogP contribution in [0.15, 0.2) is 175 Å². The second kappa shape index (κ2) is 16.1. The third-order valence-electron chi connectivity index (χ3n) is 10.7. The smallest absolute Gasteiger partial charge is 0.258 e. The molecule has 9 aromatic rings. The molecule has 0 fully saturated rings. The van der Waals surface area contributed by atoms with Gasteiger partial charge in [-0.2, -0.15) is 0 Å². The van der Waals surface area contributed by atoms with E-state index in [1.54, 1.807) is 52.0 Å². The van der Waals surface area contributed by atoms with Gasteiger partial charge in [-0.05, 0) is 78.9 Å². The van der Waals surface area contributed by atoms with Gasteiger partial charge in [0.1, 0.15) is 11.1 Å². The molecular weight excluding hydrogens is 763 g/mol. The number of hydrogen-bond donors (Lipinski definition) is 0. The Hall–Kier alpha value is -8.31. The molecule has 0 aliphatic heterocycles. The van der Waals surface area contributed by atoms with E-state index in [2.05, 4.69) is 19.9 Å². The number of amides is 3. The number of pyridine rings is 4. The largest absolute Gasteiger partial charge is 0.454 e. The molecule has 5 heterocycles. The molecule has 0 aliphatic carbocycles. The monoisotopic (exact) mass is 799 g/mol. The van der Waals surface area contributed by atoms with Gasteiger partial charge in [0.05, 0.1) is 52.7 Å². The van der Waals surface area contributed by atoms with Crippen LogP contribution in [0.4, 0.5) is 17.1 Å². The van der Waals surface area contributed by atoms with E-state index in [1.165, 1.54) is 32.9 Å². The van der Waals surface area contributed by atoms with Crippen LogP contribution in [-0.2, 0) is 0 Å². The summed E-state index contributed by atoms with van der Waals surface area (Å²) in [7, 11) is 4.89. The molecule has 0 unspecified atom stereocenters. The minimum absolute atomic E-state index is 0.140. The highest BCUT2D eigenvalue weighted by Gasteiger charge is 2.24. The van der Waals surface area contributed by atoms with Crippen LogP contribution < -0.4 is 14.7 Å². The number of nitrogens with zero attached hydrogens (tertiary/aromatic N) is 7. The molecular formula is C50H37N7O4. The maximum Gasteiger partial charge on any atom is 0.258 e. The molecule has 0 N–H and O–H groups in total. The molecule has 0 saturated heterocycles. The fourth-order valence-corrected chi connectivity index (χ4v) is 7.17. The van der Waals surface area contributed by atoms with Crippen molar-refractivity contribution < 1.29 is 18.8 Å². The van der Waals surface area contributed by atoms with Crippen LogP contribution in [-0.4, -0.2) is 58.8 Å². The predicted octanol–water partition coefficient (Wildman–Crippen LogP) is 10.00. The molecule has 296 valence electrons. The average molecular weight is 800 g/mol. The number of furan rings is 1. The van der Waals surface area contributed by atoms with E-state index in [4.69, 9.17) is 4.42 Å².